The number of nitrogens with zero attached hydrogens (tertiary/aromatic N) is 1. The second kappa shape index (κ2) is 8.15. The maximum Gasteiger partial charge on any atom is 0.290 e. The summed E-state index contributed by atoms with van der Waals surface area (Å²) in [5, 5.41) is 6.89. The van der Waals surface area contributed by atoms with Gasteiger partial charge >= 0.3 is 0 Å². The summed E-state index contributed by atoms with van der Waals surface area (Å²) < 4.78 is 0. The molecule has 0 unspecified atom stereocenters. The van der Waals surface area contributed by atoms with Crippen LogP contribution in [-0.2, 0) is 24.2 Å². The Bertz CT molecular complexity index is 731. The quantitative estimate of drug-likeness (QED) is 0.784. The number of fused-ring (bicyclic) bond motifs is 1. The summed E-state index contributed by atoms with van der Waals surface area (Å²) in [6, 6.07) is 8.91. The van der Waals surface area contributed by atoms with Gasteiger partial charge in [-0.2, -0.15) is 0 Å². The number of hydrogen-bond donors (Lipinski definition) is 1. The molecule has 1 aromatic carbocycles. The summed E-state index contributed by atoms with van der Waals surface area (Å²) in [5.74, 6) is 0. The Morgan fingerprint density at radius 3 is 2.56 bits per heavy atom. The van der Waals surface area contributed by atoms with E-state index >= 15 is 0 Å². The molecule has 1 aliphatic rings. The number of benzene rings is 1. The molecule has 0 bridgehead atoms. The molecule has 136 valence electrons. The van der Waals surface area contributed by atoms with E-state index in [1.54, 1.807) is 10.4 Å². The Kier molecular flexibility index (Phi) is 6.42. The molecule has 4 heteroatoms. The monoisotopic (exact) mass is 359 g/mol. The van der Waals surface area contributed by atoms with Crippen LogP contribution >= 0.6 is 11.3 Å². The highest BCUT2D eigenvalue weighted by Crippen LogP contribution is 2.45. The topological polar surface area (TPSA) is 40.5 Å². The van der Waals surface area contributed by atoms with Gasteiger partial charge in [-0.1, -0.05) is 38.1 Å². The van der Waals surface area contributed by atoms with Gasteiger partial charge in [0.05, 0.1) is 0 Å². The second-order valence-electron chi connectivity index (χ2n) is 7.80. The molecule has 3 rings (SSSR count). The van der Waals surface area contributed by atoms with Gasteiger partial charge in [0.2, 0.25) is 0 Å². The SMILES string of the molecule is Cc1c(-c2ccccc2CN(C)C)sc2c1CC(C)(C)CC2.O=CO. The predicted molar refractivity (Wildman–Crippen MR) is 106 cm³/mol. The molecule has 0 atom stereocenters. The van der Waals surface area contributed by atoms with E-state index in [4.69, 9.17) is 9.90 Å². The standard InChI is InChI=1S/C20H27NS.CH2O2/c1-14-17-12-20(2,3)11-10-18(17)22-19(14)16-9-7-6-8-15(16)13-21(4)5;2-1-3/h6-9H,10-13H2,1-5H3;1H,(H,2,3). The van der Waals surface area contributed by atoms with Crippen LogP contribution in [0.1, 0.15) is 41.8 Å². The minimum atomic E-state index is -0.250. The van der Waals surface area contributed by atoms with Crippen LogP contribution < -0.4 is 0 Å². The Labute approximate surface area is 155 Å². The molecule has 1 N–H and O–H groups in total. The van der Waals surface area contributed by atoms with Crippen LogP contribution in [0.3, 0.4) is 0 Å². The maximum absolute atomic E-state index is 8.36. The second-order valence-corrected chi connectivity index (χ2v) is 8.90. The Morgan fingerprint density at radius 2 is 1.92 bits per heavy atom. The molecule has 0 saturated carbocycles. The Balaban J connectivity index is 0.000000701. The number of carboxylic acid groups (broad SMARTS) is 1. The summed E-state index contributed by atoms with van der Waals surface area (Å²) >= 11 is 2.04. The van der Waals surface area contributed by atoms with Crippen molar-refractivity contribution < 1.29 is 9.90 Å². The zero-order chi connectivity index (χ0) is 18.6. The highest BCUT2D eigenvalue weighted by molar-refractivity contribution is 7.16. The molecule has 25 heavy (non-hydrogen) atoms. The summed E-state index contributed by atoms with van der Waals surface area (Å²) in [6.07, 6.45) is 3.81. The van der Waals surface area contributed by atoms with Gasteiger partial charge in [-0.25, -0.2) is 0 Å². The van der Waals surface area contributed by atoms with Gasteiger partial charge in [-0.3, -0.25) is 4.79 Å². The lowest BCUT2D eigenvalue weighted by atomic mass is 9.76. The average Bonchev–Trinajstić information content (AvgIpc) is 2.84. The average molecular weight is 360 g/mol. The number of carbonyl (C=O) groups is 1. The van der Waals surface area contributed by atoms with Crippen molar-refractivity contribution >= 4 is 17.8 Å². The molecule has 0 spiro atoms. The third-order valence-corrected chi connectivity index (χ3v) is 6.21. The number of thiophene rings is 1. The smallest absolute Gasteiger partial charge is 0.290 e. The van der Waals surface area contributed by atoms with Crippen LogP contribution in [0.5, 0.6) is 0 Å². The fraction of sp³-hybridized carbons (Fsp3) is 0.476. The van der Waals surface area contributed by atoms with Gasteiger partial charge in [0, 0.05) is 16.3 Å². The first-order valence-corrected chi connectivity index (χ1v) is 9.52. The van der Waals surface area contributed by atoms with E-state index in [0.717, 1.165) is 6.54 Å². The van der Waals surface area contributed by atoms with Crippen LogP contribution in [-0.4, -0.2) is 30.6 Å². The molecule has 1 aliphatic carbocycles. The van der Waals surface area contributed by atoms with E-state index in [1.165, 1.54) is 40.8 Å². The first-order chi connectivity index (χ1) is 11.8. The number of hydrogen-bond acceptors (Lipinski definition) is 3. The van der Waals surface area contributed by atoms with Crippen LogP contribution in [0.2, 0.25) is 0 Å². The minimum absolute atomic E-state index is 0.250. The van der Waals surface area contributed by atoms with Gasteiger partial charge in [0.1, 0.15) is 0 Å². The largest absolute Gasteiger partial charge is 0.483 e. The van der Waals surface area contributed by atoms with E-state index in [1.807, 2.05) is 11.3 Å². The first kappa shape index (κ1) is 19.7. The van der Waals surface area contributed by atoms with Gasteiger partial charge in [0.15, 0.2) is 0 Å². The molecule has 0 aliphatic heterocycles. The van der Waals surface area contributed by atoms with Crippen LogP contribution in [0, 0.1) is 12.3 Å². The van der Waals surface area contributed by atoms with Crippen molar-refractivity contribution in [2.75, 3.05) is 14.1 Å². The summed E-state index contributed by atoms with van der Waals surface area (Å²) in [7, 11) is 4.29. The van der Waals surface area contributed by atoms with E-state index in [0.29, 0.717) is 5.41 Å². The molecular formula is C21H29NO2S. The van der Waals surface area contributed by atoms with Crippen molar-refractivity contribution in [2.45, 2.75) is 46.6 Å². The lowest BCUT2D eigenvalue weighted by molar-refractivity contribution is -0.122. The van der Waals surface area contributed by atoms with Gasteiger partial charge in [-0.15, -0.1) is 11.3 Å². The van der Waals surface area contributed by atoms with Crippen molar-refractivity contribution in [3.63, 3.8) is 0 Å². The predicted octanol–water partition coefficient (Wildman–Crippen LogP) is 5.00. The highest BCUT2D eigenvalue weighted by atomic mass is 32.1. The first-order valence-electron chi connectivity index (χ1n) is 8.71. The molecular weight excluding hydrogens is 330 g/mol. The van der Waals surface area contributed by atoms with E-state index in [9.17, 15) is 0 Å². The van der Waals surface area contributed by atoms with Crippen molar-refractivity contribution in [3.05, 3.63) is 45.8 Å². The lowest BCUT2D eigenvalue weighted by Gasteiger charge is -2.29. The van der Waals surface area contributed by atoms with E-state index in [-0.39, 0.29) is 6.47 Å². The minimum Gasteiger partial charge on any atom is -0.483 e. The molecule has 1 aromatic heterocycles. The molecule has 0 amide bonds. The Morgan fingerprint density at radius 1 is 1.28 bits per heavy atom. The van der Waals surface area contributed by atoms with Crippen LogP contribution in [0.15, 0.2) is 24.3 Å². The zero-order valence-corrected chi connectivity index (χ0v) is 16.7. The maximum atomic E-state index is 8.36. The van der Waals surface area contributed by atoms with E-state index < -0.39 is 0 Å². The number of aryl methyl sites for hydroxylation is 1. The molecule has 0 radical (unpaired) electrons. The van der Waals surface area contributed by atoms with Gasteiger partial charge < -0.3 is 10.0 Å². The molecule has 0 fully saturated rings. The van der Waals surface area contributed by atoms with Crippen molar-refractivity contribution in [2.24, 2.45) is 5.41 Å². The summed E-state index contributed by atoms with van der Waals surface area (Å²) in [4.78, 5) is 13.7. The normalized spacial score (nSPS) is 15.3. The van der Waals surface area contributed by atoms with Crippen LogP contribution in [0.25, 0.3) is 10.4 Å². The fourth-order valence-electron chi connectivity index (χ4n) is 3.54. The van der Waals surface area contributed by atoms with Crippen LogP contribution in [0.4, 0.5) is 0 Å². The molecule has 1 heterocycles. The summed E-state index contributed by atoms with van der Waals surface area (Å²) in [6.45, 7) is 7.90. The molecule has 0 saturated heterocycles. The molecule has 3 nitrogen and oxygen atoms in total. The summed E-state index contributed by atoms with van der Waals surface area (Å²) in [5.41, 5.74) is 6.49. The van der Waals surface area contributed by atoms with Crippen molar-refractivity contribution in [3.8, 4) is 10.4 Å². The van der Waals surface area contributed by atoms with Crippen molar-refractivity contribution in [1.82, 2.24) is 4.90 Å². The lowest BCUT2D eigenvalue weighted by Crippen LogP contribution is -2.21. The van der Waals surface area contributed by atoms with Gasteiger partial charge in [0.25, 0.3) is 6.47 Å². The fourth-order valence-corrected chi connectivity index (χ4v) is 4.92. The molecule has 2 aromatic rings. The van der Waals surface area contributed by atoms with E-state index in [2.05, 4.69) is 64.0 Å². The Hall–Kier alpha value is -1.65. The van der Waals surface area contributed by atoms with Gasteiger partial charge in [-0.05, 0) is 68.0 Å². The third kappa shape index (κ3) is 4.71. The zero-order valence-electron chi connectivity index (χ0n) is 15.9. The third-order valence-electron chi connectivity index (χ3n) is 4.79. The van der Waals surface area contributed by atoms with Crippen molar-refractivity contribution in [1.29, 1.82) is 0 Å². The highest BCUT2D eigenvalue weighted by Gasteiger charge is 2.29. The number of rotatable bonds is 3.